The van der Waals surface area contributed by atoms with Gasteiger partial charge in [0.15, 0.2) is 6.10 Å². The summed E-state index contributed by atoms with van der Waals surface area (Å²) in [7, 11) is 0. The second kappa shape index (κ2) is 24.3. The summed E-state index contributed by atoms with van der Waals surface area (Å²) in [6.07, 6.45) is 22.4. The number of rotatable bonds is 11. The van der Waals surface area contributed by atoms with E-state index in [4.69, 9.17) is 19.8 Å². The average Bonchev–Trinajstić information content (AvgIpc) is 3.53. The molecule has 58 heavy (non-hydrogen) atoms. The topological polar surface area (TPSA) is 131 Å². The summed E-state index contributed by atoms with van der Waals surface area (Å²) >= 11 is 0. The molecule has 2 aromatic carbocycles. The van der Waals surface area contributed by atoms with Crippen LogP contribution in [-0.4, -0.2) is 65.2 Å². The fourth-order valence-corrected chi connectivity index (χ4v) is 10.6. The van der Waals surface area contributed by atoms with Gasteiger partial charge in [0.1, 0.15) is 6.61 Å². The molecule has 4 aliphatic carbocycles. The fourth-order valence-electron chi connectivity index (χ4n) is 10.6. The Morgan fingerprint density at radius 1 is 0.776 bits per heavy atom. The van der Waals surface area contributed by atoms with Crippen molar-refractivity contribution in [1.82, 2.24) is 0 Å². The number of benzene rings is 2. The number of allylic oxidation sites excluding steroid dienone is 3. The molecule has 318 valence electrons. The van der Waals surface area contributed by atoms with Crippen molar-refractivity contribution in [3.8, 4) is 0 Å². The van der Waals surface area contributed by atoms with Crippen LogP contribution in [0.2, 0.25) is 0 Å². The first-order valence-corrected chi connectivity index (χ1v) is 21.7. The van der Waals surface area contributed by atoms with Crippen molar-refractivity contribution in [3.63, 3.8) is 0 Å². The summed E-state index contributed by atoms with van der Waals surface area (Å²) in [5.41, 5.74) is 4.02. The molecule has 0 bridgehead atoms. The van der Waals surface area contributed by atoms with Crippen molar-refractivity contribution in [1.29, 1.82) is 0 Å². The summed E-state index contributed by atoms with van der Waals surface area (Å²) in [5, 5.41) is 14.5. The zero-order chi connectivity index (χ0) is 42.3. The van der Waals surface area contributed by atoms with Crippen LogP contribution in [0.1, 0.15) is 131 Å². The van der Waals surface area contributed by atoms with Gasteiger partial charge in [0.25, 0.3) is 0 Å². The summed E-state index contributed by atoms with van der Waals surface area (Å²) < 4.78 is 0. The van der Waals surface area contributed by atoms with Gasteiger partial charge in [0, 0.05) is 55.3 Å². The molecule has 3 saturated carbocycles. The standard InChI is InChI=1S/C29H48O.2C10H9O2.C2H6O.Ti/c1-7-21(19(2)3)9-8-20(4)25-12-13-26-24-11-10-22-18-23(30)14-16-28(22,5)27(24)15-17-29(25,26)6;2*1-8(11)7-10(12)9-5-3-2-4-6-9;1-2-3;/h8-10,19-21,23-27,30H,7,11-18H2,1-6H3;2*2-7H,1H3;3H,2H2,1H3;/q;2*-1;;/p+6. The van der Waals surface area contributed by atoms with Crippen LogP contribution >= 0.6 is 0 Å². The van der Waals surface area contributed by atoms with Crippen LogP contribution in [-0.2, 0) is 21.7 Å². The van der Waals surface area contributed by atoms with E-state index in [0.29, 0.717) is 34.5 Å². The Kier molecular flexibility index (Phi) is 21.4. The Balaban J connectivity index is 0.000000342. The Morgan fingerprint density at radius 2 is 1.29 bits per heavy atom. The first-order chi connectivity index (χ1) is 27.0. The Labute approximate surface area is 366 Å². The molecule has 0 aliphatic heterocycles. The minimum atomic E-state index is 0. The van der Waals surface area contributed by atoms with Gasteiger partial charge in [-0.3, -0.25) is 9.59 Å². The molecule has 0 heterocycles. The van der Waals surface area contributed by atoms with Crippen molar-refractivity contribution >= 4 is 23.1 Å². The molecule has 0 saturated heterocycles. The predicted octanol–water partition coefficient (Wildman–Crippen LogP) is 9.96. The largest absolute Gasteiger partial charge is 0.446 e. The van der Waals surface area contributed by atoms with Crippen molar-refractivity contribution < 1.29 is 51.1 Å². The predicted molar refractivity (Wildman–Crippen MR) is 242 cm³/mol. The van der Waals surface area contributed by atoms with Gasteiger partial charge in [-0.2, -0.15) is 0 Å². The fraction of sp³-hybridized carbons (Fsp3) is 0.569. The zero-order valence-electron chi connectivity index (χ0n) is 37.1. The van der Waals surface area contributed by atoms with E-state index in [9.17, 15) is 9.59 Å². The van der Waals surface area contributed by atoms with Crippen LogP contribution in [0.25, 0.3) is 0 Å². The molecule has 6 rings (SSSR count). The monoisotopic (exact) mass is 835 g/mol. The van der Waals surface area contributed by atoms with Crippen LogP contribution in [0.3, 0.4) is 0 Å². The van der Waals surface area contributed by atoms with Crippen LogP contribution in [0.5, 0.6) is 0 Å². The third-order valence-electron chi connectivity index (χ3n) is 13.6. The smallest absolute Gasteiger partial charge is 0.247 e. The molecule has 7 heteroatoms. The molecule has 8 N–H and O–H groups in total. The average molecular weight is 835 g/mol. The molecular formula is C51H78O6Ti+4. The first-order valence-electron chi connectivity index (χ1n) is 21.7. The minimum absolute atomic E-state index is 0. The van der Waals surface area contributed by atoms with Crippen molar-refractivity contribution in [2.24, 2.45) is 52.3 Å². The van der Waals surface area contributed by atoms with E-state index >= 15 is 0 Å². The Bertz CT molecular complexity index is 1590. The van der Waals surface area contributed by atoms with E-state index in [2.05, 4.69) is 59.8 Å². The van der Waals surface area contributed by atoms with Crippen LogP contribution in [0, 0.1) is 65.1 Å². The second-order valence-electron chi connectivity index (χ2n) is 17.9. The first kappa shape index (κ1) is 51.1. The van der Waals surface area contributed by atoms with Gasteiger partial charge < -0.3 is 19.8 Å². The van der Waals surface area contributed by atoms with Crippen LogP contribution in [0.4, 0.5) is 0 Å². The van der Waals surface area contributed by atoms with Gasteiger partial charge in [0.2, 0.25) is 23.1 Å². The van der Waals surface area contributed by atoms with Crippen molar-refractivity contribution in [2.75, 3.05) is 6.61 Å². The molecule has 0 spiro atoms. The zero-order valence-corrected chi connectivity index (χ0v) is 38.7. The number of hydrogen-bond acceptors (Lipinski definition) is 0. The molecular weight excluding hydrogens is 756 g/mol. The van der Waals surface area contributed by atoms with E-state index in [1.165, 1.54) is 71.6 Å². The molecule has 0 amide bonds. The maximum atomic E-state index is 9.37. The summed E-state index contributed by atoms with van der Waals surface area (Å²) in [6, 6.07) is 18.1. The number of carbonyl (C=O) groups excluding carboxylic acids is 4. The summed E-state index contributed by atoms with van der Waals surface area (Å²) in [4.78, 5) is 36.5. The Hall–Kier alpha value is -3.03. The summed E-state index contributed by atoms with van der Waals surface area (Å²) in [6.45, 7) is 20.2. The maximum Gasteiger partial charge on any atom is 0.247 e. The number of hydrogen-bond donors (Lipinski definition) is 0. The number of fused-ring (bicyclic) bond motifs is 5. The maximum absolute atomic E-state index is 9.37. The molecule has 4 aliphatic rings. The van der Waals surface area contributed by atoms with E-state index in [-0.39, 0.29) is 51.0 Å². The van der Waals surface area contributed by atoms with Gasteiger partial charge in [-0.25, -0.2) is 0 Å². The summed E-state index contributed by atoms with van der Waals surface area (Å²) in [5.74, 6) is 6.13. The number of ketones is 4. The van der Waals surface area contributed by atoms with Crippen molar-refractivity contribution in [2.45, 2.75) is 126 Å². The molecule has 9 unspecified atom stereocenters. The van der Waals surface area contributed by atoms with E-state index in [1.54, 1.807) is 36.8 Å². The third-order valence-corrected chi connectivity index (χ3v) is 13.6. The minimum Gasteiger partial charge on any atom is -0.446 e. The van der Waals surface area contributed by atoms with E-state index < -0.39 is 0 Å². The van der Waals surface area contributed by atoms with E-state index in [1.807, 2.05) is 36.4 Å². The quantitative estimate of drug-likeness (QED) is 0.0533. The van der Waals surface area contributed by atoms with Gasteiger partial charge in [0.05, 0.1) is 0 Å². The van der Waals surface area contributed by atoms with Crippen molar-refractivity contribution in [3.05, 3.63) is 108 Å². The van der Waals surface area contributed by atoms with Gasteiger partial charge in [-0.1, -0.05) is 113 Å². The molecule has 0 aromatic heterocycles. The van der Waals surface area contributed by atoms with Crippen LogP contribution in [0.15, 0.2) is 84.5 Å². The molecule has 2 aromatic rings. The normalized spacial score (nSPS) is 27.7. The molecule has 3 fully saturated rings. The van der Waals surface area contributed by atoms with E-state index in [0.717, 1.165) is 48.3 Å². The molecule has 6 nitrogen and oxygen atoms in total. The second-order valence-corrected chi connectivity index (χ2v) is 17.9. The third kappa shape index (κ3) is 13.8. The molecule has 9 atom stereocenters. The Morgan fingerprint density at radius 3 is 1.76 bits per heavy atom. The SMILES string of the molecule is CC(=[OH+])[CH-]C(=[OH+])c1ccccc1.CC(=[OH+])[CH-]C(=[OH+])c1ccccc1.CCC(C=CC(C)C1CCC2C3CC=C4CC([OH2+])CCC4(C)C3CCC12C)C(C)C.CC[OH2+].[Ti]. The van der Waals surface area contributed by atoms with Crippen LogP contribution < -0.4 is 0 Å². The van der Waals surface area contributed by atoms with Gasteiger partial charge in [-0.15, -0.1) is 24.3 Å². The van der Waals surface area contributed by atoms with Gasteiger partial charge in [-0.05, 0) is 110 Å². The van der Waals surface area contributed by atoms with Gasteiger partial charge >= 0.3 is 0 Å². The molecule has 0 radical (unpaired) electrons.